The van der Waals surface area contributed by atoms with Gasteiger partial charge in [-0.2, -0.15) is 0 Å². The second kappa shape index (κ2) is 3.65. The van der Waals surface area contributed by atoms with Crippen LogP contribution < -0.4 is 16.4 Å². The van der Waals surface area contributed by atoms with E-state index in [1.807, 2.05) is 12.1 Å². The molecule has 1 saturated carbocycles. The van der Waals surface area contributed by atoms with Gasteiger partial charge in [-0.1, -0.05) is 0 Å². The first-order valence-corrected chi connectivity index (χ1v) is 6.12. The van der Waals surface area contributed by atoms with Crippen molar-refractivity contribution in [1.29, 1.82) is 0 Å². The minimum Gasteiger partial charge on any atom is -0.397 e. The maximum atomic E-state index is 11.3. The molecule has 17 heavy (non-hydrogen) atoms. The highest BCUT2D eigenvalue weighted by Crippen LogP contribution is 2.37. The number of nitrogens with two attached hydrogens (primary N) is 1. The summed E-state index contributed by atoms with van der Waals surface area (Å²) in [5, 5.41) is 6.29. The van der Waals surface area contributed by atoms with Gasteiger partial charge in [-0.15, -0.1) is 0 Å². The van der Waals surface area contributed by atoms with Crippen molar-refractivity contribution in [3.8, 4) is 0 Å². The van der Waals surface area contributed by atoms with Crippen LogP contribution in [0.5, 0.6) is 0 Å². The third-order valence-electron chi connectivity index (χ3n) is 3.61. The maximum Gasteiger partial charge on any atom is 0.228 e. The van der Waals surface area contributed by atoms with Crippen molar-refractivity contribution in [2.45, 2.75) is 32.2 Å². The Morgan fingerprint density at radius 3 is 2.94 bits per heavy atom. The summed E-state index contributed by atoms with van der Waals surface area (Å²) in [4.78, 5) is 11.3. The predicted octanol–water partition coefficient (Wildman–Crippen LogP) is 1.97. The van der Waals surface area contributed by atoms with Gasteiger partial charge >= 0.3 is 0 Å². The summed E-state index contributed by atoms with van der Waals surface area (Å²) in [6.07, 6.45) is 3.05. The van der Waals surface area contributed by atoms with Crippen LogP contribution in [0.4, 0.5) is 17.1 Å². The van der Waals surface area contributed by atoms with E-state index >= 15 is 0 Å². The molecule has 0 spiro atoms. The molecule has 90 valence electrons. The molecule has 1 aromatic carbocycles. The summed E-state index contributed by atoms with van der Waals surface area (Å²) < 4.78 is 0. The van der Waals surface area contributed by atoms with Gasteiger partial charge in [-0.25, -0.2) is 0 Å². The fourth-order valence-corrected chi connectivity index (χ4v) is 2.38. The number of nitrogens with one attached hydrogen (secondary N) is 2. The van der Waals surface area contributed by atoms with Crippen LogP contribution in [-0.2, 0) is 11.2 Å². The Balaban J connectivity index is 1.85. The predicted molar refractivity (Wildman–Crippen MR) is 69.0 cm³/mol. The topological polar surface area (TPSA) is 67.1 Å². The van der Waals surface area contributed by atoms with E-state index < -0.39 is 0 Å². The maximum absolute atomic E-state index is 11.3. The molecule has 1 aliphatic carbocycles. The summed E-state index contributed by atoms with van der Waals surface area (Å²) in [7, 11) is 0. The van der Waals surface area contributed by atoms with Gasteiger partial charge in [0.1, 0.15) is 0 Å². The van der Waals surface area contributed by atoms with Gasteiger partial charge in [-0.05, 0) is 43.4 Å². The number of anilines is 3. The second-order valence-electron chi connectivity index (χ2n) is 5.09. The summed E-state index contributed by atoms with van der Waals surface area (Å²) in [5.41, 5.74) is 9.57. The Labute approximate surface area is 101 Å². The molecule has 4 nitrogen and oxygen atoms in total. The van der Waals surface area contributed by atoms with Crippen molar-refractivity contribution in [3.05, 3.63) is 17.7 Å². The first kappa shape index (κ1) is 10.4. The van der Waals surface area contributed by atoms with E-state index in [-0.39, 0.29) is 5.91 Å². The van der Waals surface area contributed by atoms with Crippen molar-refractivity contribution < 1.29 is 4.79 Å². The minimum absolute atomic E-state index is 0.0480. The molecule has 1 unspecified atom stereocenters. The molecule has 1 heterocycles. The van der Waals surface area contributed by atoms with Crippen LogP contribution in [0.25, 0.3) is 0 Å². The third kappa shape index (κ3) is 1.95. The van der Waals surface area contributed by atoms with Crippen molar-refractivity contribution in [2.24, 2.45) is 5.92 Å². The van der Waals surface area contributed by atoms with Crippen molar-refractivity contribution in [1.82, 2.24) is 0 Å². The molecule has 0 saturated heterocycles. The zero-order valence-electron chi connectivity index (χ0n) is 9.92. The lowest BCUT2D eigenvalue weighted by Gasteiger charge is -2.17. The summed E-state index contributed by atoms with van der Waals surface area (Å²) in [6.45, 7) is 2.18. The summed E-state index contributed by atoms with van der Waals surface area (Å²) in [6, 6.07) is 4.30. The van der Waals surface area contributed by atoms with E-state index in [1.165, 1.54) is 12.8 Å². The molecule has 1 aromatic rings. The van der Waals surface area contributed by atoms with Crippen molar-refractivity contribution >= 4 is 23.0 Å². The molecule has 4 N–H and O–H groups in total. The van der Waals surface area contributed by atoms with Crippen LogP contribution in [0.1, 0.15) is 25.3 Å². The Morgan fingerprint density at radius 2 is 2.24 bits per heavy atom. The Kier molecular flexibility index (Phi) is 2.24. The first-order valence-electron chi connectivity index (χ1n) is 6.12. The van der Waals surface area contributed by atoms with Crippen LogP contribution >= 0.6 is 0 Å². The molecule has 2 aliphatic rings. The van der Waals surface area contributed by atoms with Crippen LogP contribution in [0.3, 0.4) is 0 Å². The smallest absolute Gasteiger partial charge is 0.228 e. The molecule has 0 aromatic heterocycles. The van der Waals surface area contributed by atoms with Gasteiger partial charge in [0.25, 0.3) is 0 Å². The lowest BCUT2D eigenvalue weighted by molar-refractivity contribution is -0.115. The number of carbonyl (C=O) groups is 1. The van der Waals surface area contributed by atoms with Crippen molar-refractivity contribution in [3.63, 3.8) is 0 Å². The van der Waals surface area contributed by atoms with E-state index in [0.717, 1.165) is 28.5 Å². The van der Waals surface area contributed by atoms with Crippen molar-refractivity contribution in [2.75, 3.05) is 16.4 Å². The number of amides is 1. The van der Waals surface area contributed by atoms with Crippen LogP contribution in [-0.4, -0.2) is 11.9 Å². The van der Waals surface area contributed by atoms with E-state index in [0.29, 0.717) is 12.5 Å². The number of hydrogen-bond acceptors (Lipinski definition) is 3. The van der Waals surface area contributed by atoms with Gasteiger partial charge < -0.3 is 16.4 Å². The molecule has 1 fully saturated rings. The Bertz CT molecular complexity index is 480. The summed E-state index contributed by atoms with van der Waals surface area (Å²) >= 11 is 0. The molecule has 1 atom stereocenters. The van der Waals surface area contributed by atoms with Gasteiger partial charge in [0.15, 0.2) is 0 Å². The second-order valence-corrected chi connectivity index (χ2v) is 5.09. The quantitative estimate of drug-likeness (QED) is 0.697. The lowest BCUT2D eigenvalue weighted by atomic mass is 10.1. The van der Waals surface area contributed by atoms with Crippen LogP contribution in [0, 0.1) is 5.92 Å². The third-order valence-corrected chi connectivity index (χ3v) is 3.61. The van der Waals surface area contributed by atoms with E-state index in [9.17, 15) is 4.79 Å². The highest BCUT2D eigenvalue weighted by molar-refractivity contribution is 6.00. The average Bonchev–Trinajstić information content (AvgIpc) is 3.03. The zero-order valence-corrected chi connectivity index (χ0v) is 9.92. The monoisotopic (exact) mass is 231 g/mol. The highest BCUT2D eigenvalue weighted by Gasteiger charge is 2.28. The fourth-order valence-electron chi connectivity index (χ4n) is 2.38. The van der Waals surface area contributed by atoms with E-state index in [2.05, 4.69) is 17.6 Å². The normalized spacial score (nSPS) is 19.7. The summed E-state index contributed by atoms with van der Waals surface area (Å²) in [5.74, 6) is 0.823. The fraction of sp³-hybridized carbons (Fsp3) is 0.462. The Morgan fingerprint density at radius 1 is 1.47 bits per heavy atom. The largest absolute Gasteiger partial charge is 0.397 e. The molecular formula is C13H17N3O. The lowest BCUT2D eigenvalue weighted by Crippen LogP contribution is -2.18. The number of benzene rings is 1. The number of rotatable bonds is 3. The van der Waals surface area contributed by atoms with Gasteiger partial charge in [0.2, 0.25) is 5.91 Å². The van der Waals surface area contributed by atoms with E-state index in [4.69, 9.17) is 5.73 Å². The molecule has 0 radical (unpaired) electrons. The number of hydrogen-bond donors (Lipinski definition) is 3. The SMILES string of the molecule is CC(Nc1cc2c(cc1N)CC(=O)N2)C1CC1. The number of carbonyl (C=O) groups excluding carboxylic acids is 1. The molecule has 4 heteroatoms. The molecular weight excluding hydrogens is 214 g/mol. The Hall–Kier alpha value is -1.71. The highest BCUT2D eigenvalue weighted by atomic mass is 16.1. The van der Waals surface area contributed by atoms with Crippen LogP contribution in [0.2, 0.25) is 0 Å². The van der Waals surface area contributed by atoms with Crippen LogP contribution in [0.15, 0.2) is 12.1 Å². The average molecular weight is 231 g/mol. The zero-order chi connectivity index (χ0) is 12.0. The van der Waals surface area contributed by atoms with Gasteiger partial charge in [0, 0.05) is 11.7 Å². The molecule has 1 amide bonds. The number of fused-ring (bicyclic) bond motifs is 1. The molecule has 1 aliphatic heterocycles. The first-order chi connectivity index (χ1) is 8.13. The van der Waals surface area contributed by atoms with Gasteiger partial charge in [0.05, 0.1) is 17.8 Å². The molecule has 3 rings (SSSR count). The minimum atomic E-state index is 0.0480. The van der Waals surface area contributed by atoms with E-state index in [1.54, 1.807) is 0 Å². The standard InChI is InChI=1S/C13H17N3O/c1-7(8-2-3-8)15-12-6-11-9(4-10(12)14)5-13(17)16-11/h4,6-8,15H,2-3,5,14H2,1H3,(H,16,17). The number of nitrogen functional groups attached to an aromatic ring is 1. The van der Waals surface area contributed by atoms with Gasteiger partial charge in [-0.3, -0.25) is 4.79 Å². The molecule has 0 bridgehead atoms.